The van der Waals surface area contributed by atoms with E-state index in [9.17, 15) is 18.5 Å². The first kappa shape index (κ1) is 12.9. The number of non-ortho nitro benzene ring substituents is 1. The third kappa shape index (κ3) is 2.66. The highest BCUT2D eigenvalue weighted by molar-refractivity contribution is 7.85. The molecule has 0 bridgehead atoms. The number of nitro groups is 1. The van der Waals surface area contributed by atoms with E-state index >= 15 is 0 Å². The van der Waals surface area contributed by atoms with Crippen LogP contribution in [0.5, 0.6) is 0 Å². The fourth-order valence-electron chi connectivity index (χ4n) is 1.90. The first-order valence-electron chi connectivity index (χ1n) is 5.09. The van der Waals surface area contributed by atoms with Crippen LogP contribution in [0.3, 0.4) is 0 Å². The molecule has 1 aliphatic heterocycles. The Kier molecular flexibility index (Phi) is 2.88. The number of epoxide rings is 1. The summed E-state index contributed by atoms with van der Waals surface area (Å²) in [5.74, 6) is -0.498. The third-order valence-electron chi connectivity index (χ3n) is 2.76. The van der Waals surface area contributed by atoms with Gasteiger partial charge in [0.25, 0.3) is 15.8 Å². The number of hydrogen-bond donors (Lipinski definition) is 1. The second kappa shape index (κ2) is 4.01. The molecule has 1 saturated heterocycles. The highest BCUT2D eigenvalue weighted by atomic mass is 32.2. The van der Waals surface area contributed by atoms with Gasteiger partial charge in [0.15, 0.2) is 0 Å². The van der Waals surface area contributed by atoms with Crippen LogP contribution in [0.1, 0.15) is 18.6 Å². The molecule has 1 N–H and O–H groups in total. The Morgan fingerprint density at radius 2 is 2.00 bits per heavy atom. The molecule has 0 unspecified atom stereocenters. The fourth-order valence-corrected chi connectivity index (χ4v) is 2.84. The van der Waals surface area contributed by atoms with E-state index in [4.69, 9.17) is 9.29 Å². The van der Waals surface area contributed by atoms with Crippen molar-refractivity contribution in [3.63, 3.8) is 0 Å². The molecule has 1 heterocycles. The zero-order valence-corrected chi connectivity index (χ0v) is 10.3. The summed E-state index contributed by atoms with van der Waals surface area (Å²) >= 11 is 0. The van der Waals surface area contributed by atoms with Gasteiger partial charge in [0.1, 0.15) is 17.5 Å². The smallest absolute Gasteiger partial charge is 0.269 e. The molecule has 1 aromatic carbocycles. The molecule has 1 fully saturated rings. The van der Waals surface area contributed by atoms with Crippen molar-refractivity contribution in [3.8, 4) is 0 Å². The minimum absolute atomic E-state index is 0.0455. The molecule has 2 atom stereocenters. The van der Waals surface area contributed by atoms with Crippen LogP contribution < -0.4 is 0 Å². The third-order valence-corrected chi connectivity index (χ3v) is 3.70. The SMILES string of the molecule is C[C@]1(CS(=O)(=O)O)O[C@H]1c1ccc([N+](=O)[O-])cc1. The highest BCUT2D eigenvalue weighted by Crippen LogP contribution is 2.50. The molecule has 0 saturated carbocycles. The van der Waals surface area contributed by atoms with Crippen molar-refractivity contribution >= 4 is 15.8 Å². The Morgan fingerprint density at radius 3 is 2.44 bits per heavy atom. The lowest BCUT2D eigenvalue weighted by molar-refractivity contribution is -0.384. The molecule has 18 heavy (non-hydrogen) atoms. The summed E-state index contributed by atoms with van der Waals surface area (Å²) in [6.45, 7) is 1.56. The van der Waals surface area contributed by atoms with Crippen LogP contribution in [-0.2, 0) is 14.9 Å². The Bertz CT molecular complexity index is 581. The molecule has 0 amide bonds. The van der Waals surface area contributed by atoms with Crippen LogP contribution in [0.2, 0.25) is 0 Å². The van der Waals surface area contributed by atoms with Gasteiger partial charge in [0.2, 0.25) is 0 Å². The average Bonchev–Trinajstić information content (AvgIpc) is 2.87. The summed E-state index contributed by atoms with van der Waals surface area (Å²) in [6.07, 6.45) is -0.472. The molecular weight excluding hydrogens is 262 g/mol. The summed E-state index contributed by atoms with van der Waals surface area (Å²) in [4.78, 5) is 9.96. The van der Waals surface area contributed by atoms with Crippen molar-refractivity contribution in [2.75, 3.05) is 5.75 Å². The van der Waals surface area contributed by atoms with Crippen molar-refractivity contribution < 1.29 is 22.6 Å². The van der Waals surface area contributed by atoms with Gasteiger partial charge >= 0.3 is 0 Å². The van der Waals surface area contributed by atoms with Crippen LogP contribution in [0.15, 0.2) is 24.3 Å². The predicted octanol–water partition coefficient (Wildman–Crippen LogP) is 1.31. The lowest BCUT2D eigenvalue weighted by Gasteiger charge is -2.03. The van der Waals surface area contributed by atoms with E-state index < -0.39 is 32.5 Å². The zero-order chi connectivity index (χ0) is 13.6. The summed E-state index contributed by atoms with van der Waals surface area (Å²) in [6, 6.07) is 5.67. The largest absolute Gasteiger partial charge is 0.360 e. The second-order valence-corrected chi connectivity index (χ2v) is 5.84. The zero-order valence-electron chi connectivity index (χ0n) is 9.44. The quantitative estimate of drug-likeness (QED) is 0.383. The van der Waals surface area contributed by atoms with E-state index in [1.807, 2.05) is 0 Å². The average molecular weight is 273 g/mol. The molecule has 8 heteroatoms. The lowest BCUT2D eigenvalue weighted by atomic mass is 10.0. The number of nitrogens with zero attached hydrogens (tertiary/aromatic N) is 1. The number of nitro benzene ring substituents is 1. The summed E-state index contributed by atoms with van der Waals surface area (Å²) in [7, 11) is -4.12. The fraction of sp³-hybridized carbons (Fsp3) is 0.400. The van der Waals surface area contributed by atoms with Crippen LogP contribution in [0, 0.1) is 10.1 Å². The lowest BCUT2D eigenvalue weighted by Crippen LogP contribution is -2.21. The predicted molar refractivity (Wildman–Crippen MR) is 61.7 cm³/mol. The second-order valence-electron chi connectivity index (χ2n) is 4.39. The summed E-state index contributed by atoms with van der Waals surface area (Å²) in [5.41, 5.74) is -0.369. The number of rotatable bonds is 4. The Labute approximate surface area is 103 Å². The molecular formula is C10H11NO6S. The van der Waals surface area contributed by atoms with E-state index in [1.54, 1.807) is 6.92 Å². The molecule has 7 nitrogen and oxygen atoms in total. The van der Waals surface area contributed by atoms with Crippen LogP contribution >= 0.6 is 0 Å². The maximum atomic E-state index is 10.8. The molecule has 0 aromatic heterocycles. The van der Waals surface area contributed by atoms with Crippen molar-refractivity contribution in [3.05, 3.63) is 39.9 Å². The topological polar surface area (TPSA) is 110 Å². The van der Waals surface area contributed by atoms with Crippen LogP contribution in [-0.4, -0.2) is 29.2 Å². The van der Waals surface area contributed by atoms with Gasteiger partial charge in [-0.1, -0.05) is 0 Å². The van der Waals surface area contributed by atoms with Crippen LogP contribution in [0.4, 0.5) is 5.69 Å². The van der Waals surface area contributed by atoms with Gasteiger partial charge < -0.3 is 4.74 Å². The van der Waals surface area contributed by atoms with Gasteiger partial charge in [-0.25, -0.2) is 0 Å². The Hall–Kier alpha value is -1.51. The molecule has 0 aliphatic carbocycles. The van der Waals surface area contributed by atoms with Gasteiger partial charge in [-0.3, -0.25) is 14.7 Å². The van der Waals surface area contributed by atoms with E-state index in [2.05, 4.69) is 0 Å². The van der Waals surface area contributed by atoms with Crippen molar-refractivity contribution in [2.45, 2.75) is 18.6 Å². The van der Waals surface area contributed by atoms with Gasteiger partial charge in [-0.05, 0) is 24.6 Å². The van der Waals surface area contributed by atoms with Crippen molar-refractivity contribution in [2.24, 2.45) is 0 Å². The van der Waals surface area contributed by atoms with Crippen molar-refractivity contribution in [1.82, 2.24) is 0 Å². The summed E-state index contributed by atoms with van der Waals surface area (Å²) in [5, 5.41) is 10.5. The number of ether oxygens (including phenoxy) is 1. The molecule has 1 aliphatic rings. The first-order valence-corrected chi connectivity index (χ1v) is 6.69. The Morgan fingerprint density at radius 1 is 1.44 bits per heavy atom. The van der Waals surface area contributed by atoms with Crippen molar-refractivity contribution in [1.29, 1.82) is 0 Å². The maximum absolute atomic E-state index is 10.8. The van der Waals surface area contributed by atoms with Crippen LogP contribution in [0.25, 0.3) is 0 Å². The molecule has 0 radical (unpaired) electrons. The Balaban J connectivity index is 2.14. The maximum Gasteiger partial charge on any atom is 0.269 e. The van der Waals surface area contributed by atoms with Gasteiger partial charge in [-0.15, -0.1) is 0 Å². The van der Waals surface area contributed by atoms with E-state index in [1.165, 1.54) is 24.3 Å². The van der Waals surface area contributed by atoms with Gasteiger partial charge in [-0.2, -0.15) is 8.42 Å². The molecule has 1 aromatic rings. The molecule has 0 spiro atoms. The first-order chi connectivity index (χ1) is 8.21. The minimum Gasteiger partial charge on any atom is -0.360 e. The standard InChI is InChI=1S/C10H11NO6S/c1-10(6-18(14,15)16)9(17-10)7-2-4-8(5-3-7)11(12)13/h2-5,9H,6H2,1H3,(H,14,15,16)/t9-,10+/m0/s1. The number of hydrogen-bond acceptors (Lipinski definition) is 5. The summed E-state index contributed by atoms with van der Waals surface area (Å²) < 4.78 is 35.6. The van der Waals surface area contributed by atoms with E-state index in [-0.39, 0.29) is 5.69 Å². The number of benzene rings is 1. The highest BCUT2D eigenvalue weighted by Gasteiger charge is 2.55. The minimum atomic E-state index is -4.12. The van der Waals surface area contributed by atoms with Gasteiger partial charge in [0, 0.05) is 12.1 Å². The van der Waals surface area contributed by atoms with E-state index in [0.29, 0.717) is 5.56 Å². The van der Waals surface area contributed by atoms with Gasteiger partial charge in [0.05, 0.1) is 4.92 Å². The monoisotopic (exact) mass is 273 g/mol. The van der Waals surface area contributed by atoms with E-state index in [0.717, 1.165) is 0 Å². The molecule has 2 rings (SSSR count). The molecule has 98 valence electrons. The normalized spacial score (nSPS) is 26.9.